The van der Waals surface area contributed by atoms with Crippen molar-refractivity contribution >= 4 is 35.1 Å². The Morgan fingerprint density at radius 1 is 1.14 bits per heavy atom. The normalized spacial score (nSPS) is 10.1. The van der Waals surface area contributed by atoms with Gasteiger partial charge in [-0.25, -0.2) is 9.78 Å². The Kier molecular flexibility index (Phi) is 5.35. The molecule has 2 aromatic rings. The van der Waals surface area contributed by atoms with Crippen LogP contribution in [0.4, 0.5) is 0 Å². The summed E-state index contributed by atoms with van der Waals surface area (Å²) in [6.07, 6.45) is 0. The summed E-state index contributed by atoms with van der Waals surface area (Å²) < 4.78 is 4.61. The number of esters is 1. The van der Waals surface area contributed by atoms with Crippen molar-refractivity contribution in [2.75, 3.05) is 7.11 Å². The lowest BCUT2D eigenvalue weighted by Gasteiger charge is -2.07. The van der Waals surface area contributed by atoms with Crippen LogP contribution in [0.25, 0.3) is 0 Å². The highest BCUT2D eigenvalue weighted by Gasteiger charge is 2.12. The number of aromatic nitrogens is 1. The van der Waals surface area contributed by atoms with E-state index in [2.05, 4.69) is 15.0 Å². The number of pyridine rings is 1. The minimum Gasteiger partial charge on any atom is -0.465 e. The van der Waals surface area contributed by atoms with E-state index in [9.17, 15) is 9.59 Å². The van der Waals surface area contributed by atoms with Crippen LogP contribution in [0.2, 0.25) is 10.2 Å². The molecule has 0 fully saturated rings. The van der Waals surface area contributed by atoms with Crippen molar-refractivity contribution < 1.29 is 14.3 Å². The van der Waals surface area contributed by atoms with Crippen LogP contribution in [0.1, 0.15) is 26.4 Å². The number of benzene rings is 1. The molecule has 0 radical (unpaired) electrons. The molecular weight excluding hydrogens is 327 g/mol. The highest BCUT2D eigenvalue weighted by atomic mass is 35.5. The maximum Gasteiger partial charge on any atom is 0.337 e. The van der Waals surface area contributed by atoms with Crippen molar-refractivity contribution in [3.63, 3.8) is 0 Å². The van der Waals surface area contributed by atoms with Gasteiger partial charge in [0.05, 0.1) is 17.7 Å². The van der Waals surface area contributed by atoms with Crippen molar-refractivity contribution in [2.45, 2.75) is 6.54 Å². The Bertz CT molecular complexity index is 702. The van der Waals surface area contributed by atoms with Crippen LogP contribution in [0, 0.1) is 0 Å². The maximum absolute atomic E-state index is 12.0. The molecule has 2 rings (SSSR count). The van der Waals surface area contributed by atoms with Crippen LogP contribution in [0.5, 0.6) is 0 Å². The van der Waals surface area contributed by atoms with E-state index in [0.29, 0.717) is 5.56 Å². The summed E-state index contributed by atoms with van der Waals surface area (Å²) in [6, 6.07) is 9.71. The molecular formula is C15H12Cl2N2O3. The van der Waals surface area contributed by atoms with Crippen LogP contribution >= 0.6 is 23.2 Å². The van der Waals surface area contributed by atoms with Gasteiger partial charge < -0.3 is 10.1 Å². The quantitative estimate of drug-likeness (QED) is 0.687. The van der Waals surface area contributed by atoms with Crippen LogP contribution in [0.15, 0.2) is 36.4 Å². The molecule has 0 bridgehead atoms. The van der Waals surface area contributed by atoms with Gasteiger partial charge in [-0.15, -0.1) is 0 Å². The van der Waals surface area contributed by atoms with Gasteiger partial charge in [-0.1, -0.05) is 35.3 Å². The monoisotopic (exact) mass is 338 g/mol. The van der Waals surface area contributed by atoms with Crippen LogP contribution < -0.4 is 5.32 Å². The second-order valence-electron chi connectivity index (χ2n) is 4.34. The molecule has 5 nitrogen and oxygen atoms in total. The zero-order valence-electron chi connectivity index (χ0n) is 11.6. The number of nitrogens with one attached hydrogen (secondary N) is 1. The van der Waals surface area contributed by atoms with Gasteiger partial charge in [-0.2, -0.15) is 0 Å². The molecule has 1 heterocycles. The number of ether oxygens (including phenoxy) is 1. The molecule has 0 unspecified atom stereocenters. The maximum atomic E-state index is 12.0. The molecule has 114 valence electrons. The van der Waals surface area contributed by atoms with Crippen LogP contribution in [-0.4, -0.2) is 24.0 Å². The van der Waals surface area contributed by atoms with E-state index in [0.717, 1.165) is 5.56 Å². The number of carbonyl (C=O) groups is 2. The number of amides is 1. The molecule has 7 heteroatoms. The highest BCUT2D eigenvalue weighted by molar-refractivity contribution is 6.34. The smallest absolute Gasteiger partial charge is 0.337 e. The summed E-state index contributed by atoms with van der Waals surface area (Å²) in [5, 5.41) is 3.10. The van der Waals surface area contributed by atoms with Gasteiger partial charge in [0.2, 0.25) is 0 Å². The molecule has 1 N–H and O–H groups in total. The summed E-state index contributed by atoms with van der Waals surface area (Å²) in [7, 11) is 1.32. The summed E-state index contributed by atoms with van der Waals surface area (Å²) in [4.78, 5) is 27.2. The molecule has 1 amide bonds. The average Bonchev–Trinajstić information content (AvgIpc) is 2.54. The third kappa shape index (κ3) is 3.96. The molecule has 0 aliphatic carbocycles. The number of rotatable bonds is 4. The van der Waals surface area contributed by atoms with Gasteiger partial charge >= 0.3 is 5.97 Å². The Balaban J connectivity index is 2.02. The van der Waals surface area contributed by atoms with E-state index in [1.165, 1.54) is 19.2 Å². The standard InChI is InChI=1S/C15H12Cl2N2O3/c1-22-15(21)10-4-2-9(3-5-10)8-18-14(20)13-11(16)6-7-12(17)19-13/h2-7H,8H2,1H3,(H,18,20). The van der Waals surface area contributed by atoms with Crippen molar-refractivity contribution in [3.05, 3.63) is 63.4 Å². The topological polar surface area (TPSA) is 68.3 Å². The molecule has 0 saturated heterocycles. The van der Waals surface area contributed by atoms with Crippen LogP contribution in [-0.2, 0) is 11.3 Å². The number of methoxy groups -OCH3 is 1. The lowest BCUT2D eigenvalue weighted by molar-refractivity contribution is 0.0600. The number of halogens is 2. The fourth-order valence-corrected chi connectivity index (χ4v) is 2.06. The Hall–Kier alpha value is -2.11. The third-order valence-corrected chi connectivity index (χ3v) is 3.37. The lowest BCUT2D eigenvalue weighted by atomic mass is 10.1. The minimum atomic E-state index is -0.426. The van der Waals surface area contributed by atoms with Gasteiger partial charge in [0, 0.05) is 6.54 Å². The van der Waals surface area contributed by atoms with E-state index in [1.807, 2.05) is 0 Å². The fraction of sp³-hybridized carbons (Fsp3) is 0.133. The Morgan fingerprint density at radius 3 is 2.45 bits per heavy atom. The summed E-state index contributed by atoms with van der Waals surface area (Å²) in [5.74, 6) is -0.838. The first-order chi connectivity index (χ1) is 10.5. The molecule has 1 aromatic heterocycles. The zero-order chi connectivity index (χ0) is 16.1. The average molecular weight is 339 g/mol. The van der Waals surface area contributed by atoms with Gasteiger partial charge in [0.15, 0.2) is 0 Å². The number of carbonyl (C=O) groups excluding carboxylic acids is 2. The molecule has 0 aliphatic rings. The first-order valence-corrected chi connectivity index (χ1v) is 7.04. The Morgan fingerprint density at radius 2 is 1.82 bits per heavy atom. The largest absolute Gasteiger partial charge is 0.465 e. The van der Waals surface area contributed by atoms with Crippen molar-refractivity contribution in [2.24, 2.45) is 0 Å². The first kappa shape index (κ1) is 16.3. The van der Waals surface area contributed by atoms with E-state index in [1.54, 1.807) is 24.3 Å². The van der Waals surface area contributed by atoms with Crippen molar-refractivity contribution in [3.8, 4) is 0 Å². The molecule has 0 atom stereocenters. The highest BCUT2D eigenvalue weighted by Crippen LogP contribution is 2.16. The van der Waals surface area contributed by atoms with Gasteiger partial charge in [0.1, 0.15) is 10.8 Å². The fourth-order valence-electron chi connectivity index (χ4n) is 1.72. The lowest BCUT2D eigenvalue weighted by Crippen LogP contribution is -2.24. The van der Waals surface area contributed by atoms with E-state index in [-0.39, 0.29) is 22.4 Å². The van der Waals surface area contributed by atoms with E-state index in [4.69, 9.17) is 23.2 Å². The number of nitrogens with zero attached hydrogens (tertiary/aromatic N) is 1. The Labute approximate surface area is 137 Å². The summed E-state index contributed by atoms with van der Waals surface area (Å²) in [6.45, 7) is 0.269. The second kappa shape index (κ2) is 7.24. The van der Waals surface area contributed by atoms with E-state index >= 15 is 0 Å². The molecule has 1 aromatic carbocycles. The van der Waals surface area contributed by atoms with Crippen molar-refractivity contribution in [1.29, 1.82) is 0 Å². The minimum absolute atomic E-state index is 0.0698. The molecule has 22 heavy (non-hydrogen) atoms. The second-order valence-corrected chi connectivity index (χ2v) is 5.13. The van der Waals surface area contributed by atoms with Gasteiger partial charge in [-0.05, 0) is 29.8 Å². The van der Waals surface area contributed by atoms with Gasteiger partial charge in [-0.3, -0.25) is 4.79 Å². The van der Waals surface area contributed by atoms with Gasteiger partial charge in [0.25, 0.3) is 5.91 Å². The zero-order valence-corrected chi connectivity index (χ0v) is 13.1. The molecule has 0 aliphatic heterocycles. The van der Waals surface area contributed by atoms with E-state index < -0.39 is 11.9 Å². The van der Waals surface area contributed by atoms with Crippen LogP contribution in [0.3, 0.4) is 0 Å². The molecule has 0 spiro atoms. The predicted octanol–water partition coefficient (Wildman–Crippen LogP) is 3.11. The number of hydrogen-bond acceptors (Lipinski definition) is 4. The molecule has 0 saturated carbocycles. The third-order valence-electron chi connectivity index (χ3n) is 2.86. The summed E-state index contributed by atoms with van der Waals surface area (Å²) >= 11 is 11.7. The SMILES string of the molecule is COC(=O)c1ccc(CNC(=O)c2nc(Cl)ccc2Cl)cc1. The number of hydrogen-bond donors (Lipinski definition) is 1. The van der Waals surface area contributed by atoms with Crippen molar-refractivity contribution in [1.82, 2.24) is 10.3 Å². The predicted molar refractivity (Wildman–Crippen MR) is 83.2 cm³/mol. The first-order valence-electron chi connectivity index (χ1n) is 6.28. The summed E-state index contributed by atoms with van der Waals surface area (Å²) in [5.41, 5.74) is 1.33.